The first-order chi connectivity index (χ1) is 8.08. The van der Waals surface area contributed by atoms with Crippen molar-refractivity contribution in [3.8, 4) is 0 Å². The Balaban J connectivity index is 2.01. The minimum absolute atomic E-state index is 0.164. The van der Waals surface area contributed by atoms with E-state index in [0.717, 1.165) is 10.2 Å². The van der Waals surface area contributed by atoms with E-state index in [4.69, 9.17) is 0 Å². The van der Waals surface area contributed by atoms with Gasteiger partial charge in [-0.25, -0.2) is 0 Å². The Morgan fingerprint density at radius 3 is 2.76 bits per heavy atom. The molecule has 0 aliphatic carbocycles. The summed E-state index contributed by atoms with van der Waals surface area (Å²) in [5.41, 5.74) is 6.09. The van der Waals surface area contributed by atoms with Crippen LogP contribution >= 0.6 is 11.3 Å². The van der Waals surface area contributed by atoms with Crippen molar-refractivity contribution < 1.29 is 9.59 Å². The number of amides is 2. The molecule has 0 bridgehead atoms. The second-order valence-corrected chi connectivity index (χ2v) is 4.93. The number of thiophene rings is 1. The van der Waals surface area contributed by atoms with Gasteiger partial charge in [0.2, 0.25) is 5.91 Å². The van der Waals surface area contributed by atoms with Crippen molar-refractivity contribution in [1.82, 2.24) is 15.8 Å². The SMILES string of the molecule is CC(C)C(=O)NNC(=O)c1cc2sccc2[nH]1. The second kappa shape index (κ2) is 4.58. The molecular weight excluding hydrogens is 238 g/mol. The molecule has 0 saturated carbocycles. The van der Waals surface area contributed by atoms with Crippen molar-refractivity contribution >= 4 is 33.4 Å². The Hall–Kier alpha value is -1.82. The molecule has 0 spiro atoms. The molecule has 0 unspecified atom stereocenters. The quantitative estimate of drug-likeness (QED) is 0.710. The zero-order valence-electron chi connectivity index (χ0n) is 9.53. The monoisotopic (exact) mass is 251 g/mol. The minimum Gasteiger partial charge on any atom is -0.350 e. The number of fused-ring (bicyclic) bond motifs is 1. The maximum atomic E-state index is 11.7. The van der Waals surface area contributed by atoms with Gasteiger partial charge in [0.15, 0.2) is 0 Å². The predicted octanol–water partition coefficient (Wildman–Crippen LogP) is 1.65. The molecule has 0 fully saturated rings. The third-order valence-electron chi connectivity index (χ3n) is 2.31. The van der Waals surface area contributed by atoms with Gasteiger partial charge in [-0.05, 0) is 17.5 Å². The van der Waals surface area contributed by atoms with Gasteiger partial charge < -0.3 is 4.98 Å². The lowest BCUT2D eigenvalue weighted by Crippen LogP contribution is -2.43. The van der Waals surface area contributed by atoms with Gasteiger partial charge in [0.25, 0.3) is 5.91 Å². The zero-order chi connectivity index (χ0) is 12.4. The number of aromatic nitrogens is 1. The number of nitrogens with one attached hydrogen (secondary N) is 3. The van der Waals surface area contributed by atoms with E-state index in [9.17, 15) is 9.59 Å². The van der Waals surface area contributed by atoms with E-state index in [1.165, 1.54) is 0 Å². The van der Waals surface area contributed by atoms with Gasteiger partial charge in [-0.3, -0.25) is 20.4 Å². The van der Waals surface area contributed by atoms with E-state index < -0.39 is 0 Å². The molecule has 0 saturated heterocycles. The van der Waals surface area contributed by atoms with Crippen molar-refractivity contribution in [2.45, 2.75) is 13.8 Å². The molecule has 2 rings (SSSR count). The van der Waals surface area contributed by atoms with Crippen molar-refractivity contribution in [1.29, 1.82) is 0 Å². The fraction of sp³-hybridized carbons (Fsp3) is 0.273. The summed E-state index contributed by atoms with van der Waals surface area (Å²) in [6, 6.07) is 3.67. The molecule has 0 atom stereocenters. The topological polar surface area (TPSA) is 74.0 Å². The van der Waals surface area contributed by atoms with Crippen LogP contribution in [0.3, 0.4) is 0 Å². The number of H-pyrrole nitrogens is 1. The summed E-state index contributed by atoms with van der Waals surface area (Å²) in [4.78, 5) is 25.9. The largest absolute Gasteiger partial charge is 0.350 e. The number of hydrogen-bond donors (Lipinski definition) is 3. The molecule has 17 heavy (non-hydrogen) atoms. The lowest BCUT2D eigenvalue weighted by molar-refractivity contribution is -0.124. The van der Waals surface area contributed by atoms with E-state index in [1.54, 1.807) is 31.3 Å². The van der Waals surface area contributed by atoms with Crippen molar-refractivity contribution in [2.24, 2.45) is 5.92 Å². The Morgan fingerprint density at radius 2 is 2.12 bits per heavy atom. The third-order valence-corrected chi connectivity index (χ3v) is 3.17. The lowest BCUT2D eigenvalue weighted by Gasteiger charge is -2.07. The minimum atomic E-state index is -0.345. The molecular formula is C11H13N3O2S. The highest BCUT2D eigenvalue weighted by molar-refractivity contribution is 7.17. The van der Waals surface area contributed by atoms with E-state index in [2.05, 4.69) is 15.8 Å². The summed E-state index contributed by atoms with van der Waals surface area (Å²) < 4.78 is 1.02. The molecule has 6 heteroatoms. The van der Waals surface area contributed by atoms with Crippen LogP contribution in [0.5, 0.6) is 0 Å². The zero-order valence-corrected chi connectivity index (χ0v) is 10.4. The van der Waals surface area contributed by atoms with Crippen LogP contribution in [0.2, 0.25) is 0 Å². The smallest absolute Gasteiger partial charge is 0.286 e. The Morgan fingerprint density at radius 1 is 1.35 bits per heavy atom. The maximum Gasteiger partial charge on any atom is 0.286 e. The Kier molecular flexibility index (Phi) is 3.14. The number of rotatable bonds is 2. The van der Waals surface area contributed by atoms with Gasteiger partial charge in [0.05, 0.1) is 10.2 Å². The second-order valence-electron chi connectivity index (χ2n) is 3.98. The summed E-state index contributed by atoms with van der Waals surface area (Å²) in [5, 5.41) is 1.95. The summed E-state index contributed by atoms with van der Waals surface area (Å²) in [7, 11) is 0. The van der Waals surface area contributed by atoms with E-state index >= 15 is 0 Å². The summed E-state index contributed by atoms with van der Waals surface area (Å²) in [6.45, 7) is 3.51. The molecule has 90 valence electrons. The highest BCUT2D eigenvalue weighted by atomic mass is 32.1. The number of carbonyl (C=O) groups excluding carboxylic acids is 2. The fourth-order valence-corrected chi connectivity index (χ4v) is 2.08. The normalized spacial score (nSPS) is 10.8. The Labute approximate surface area is 102 Å². The Bertz CT molecular complexity index is 527. The van der Waals surface area contributed by atoms with Crippen molar-refractivity contribution in [3.05, 3.63) is 23.2 Å². The molecule has 0 aromatic carbocycles. The first-order valence-corrected chi connectivity index (χ1v) is 6.12. The van der Waals surface area contributed by atoms with Gasteiger partial charge in [0, 0.05) is 5.92 Å². The molecule has 2 aromatic heterocycles. The van der Waals surface area contributed by atoms with Crippen molar-refractivity contribution in [2.75, 3.05) is 0 Å². The van der Waals surface area contributed by atoms with Gasteiger partial charge >= 0.3 is 0 Å². The number of aromatic amines is 1. The molecule has 0 aliphatic heterocycles. The highest BCUT2D eigenvalue weighted by Crippen LogP contribution is 2.20. The van der Waals surface area contributed by atoms with E-state index in [0.29, 0.717) is 5.69 Å². The molecule has 0 radical (unpaired) electrons. The van der Waals surface area contributed by atoms with Crippen LogP contribution in [0.25, 0.3) is 10.2 Å². The average molecular weight is 251 g/mol. The van der Waals surface area contributed by atoms with Crippen LogP contribution in [-0.2, 0) is 4.79 Å². The number of hydrogen-bond acceptors (Lipinski definition) is 3. The molecule has 2 heterocycles. The first kappa shape index (κ1) is 11.7. The number of carbonyl (C=O) groups is 2. The van der Waals surface area contributed by atoms with Crippen LogP contribution < -0.4 is 10.9 Å². The molecule has 0 aliphatic rings. The molecule has 2 amide bonds. The molecule has 3 N–H and O–H groups in total. The number of hydrazine groups is 1. The van der Waals surface area contributed by atoms with Gasteiger partial charge in [-0.15, -0.1) is 11.3 Å². The van der Waals surface area contributed by atoms with Gasteiger partial charge in [0.1, 0.15) is 5.69 Å². The highest BCUT2D eigenvalue weighted by Gasteiger charge is 2.12. The van der Waals surface area contributed by atoms with Crippen molar-refractivity contribution in [3.63, 3.8) is 0 Å². The van der Waals surface area contributed by atoms with Gasteiger partial charge in [-0.2, -0.15) is 0 Å². The summed E-state index contributed by atoms with van der Waals surface area (Å²) in [5.74, 6) is -0.725. The standard InChI is InChI=1S/C11H13N3O2S/c1-6(2)10(15)13-14-11(16)8-5-9-7(12-8)3-4-17-9/h3-6,12H,1-2H3,(H,13,15)(H,14,16). The predicted molar refractivity (Wildman–Crippen MR) is 66.6 cm³/mol. The molecule has 5 nitrogen and oxygen atoms in total. The van der Waals surface area contributed by atoms with Gasteiger partial charge in [-0.1, -0.05) is 13.8 Å². The van der Waals surface area contributed by atoms with Crippen LogP contribution in [0, 0.1) is 5.92 Å². The molecule has 2 aromatic rings. The van der Waals surface area contributed by atoms with Crippen LogP contribution in [-0.4, -0.2) is 16.8 Å². The summed E-state index contributed by atoms with van der Waals surface area (Å²) >= 11 is 1.56. The first-order valence-electron chi connectivity index (χ1n) is 5.24. The third kappa shape index (κ3) is 2.47. The lowest BCUT2D eigenvalue weighted by atomic mass is 10.2. The summed E-state index contributed by atoms with van der Waals surface area (Å²) in [6.07, 6.45) is 0. The fourth-order valence-electron chi connectivity index (χ4n) is 1.30. The average Bonchev–Trinajstić information content (AvgIpc) is 2.84. The van der Waals surface area contributed by atoms with E-state index in [-0.39, 0.29) is 17.7 Å². The van der Waals surface area contributed by atoms with Crippen LogP contribution in [0.4, 0.5) is 0 Å². The van der Waals surface area contributed by atoms with E-state index in [1.807, 2.05) is 11.4 Å². The van der Waals surface area contributed by atoms with Crippen LogP contribution in [0.15, 0.2) is 17.5 Å². The van der Waals surface area contributed by atoms with Crippen LogP contribution in [0.1, 0.15) is 24.3 Å². The maximum absolute atomic E-state index is 11.7.